The van der Waals surface area contributed by atoms with Gasteiger partial charge in [-0.15, -0.1) is 5.54 Å². The Morgan fingerprint density at radius 2 is 0.338 bits per heavy atom. The van der Waals surface area contributed by atoms with Gasteiger partial charge in [-0.05, 0) is 232 Å². The monoisotopic (exact) mass is 1880 g/mol. The van der Waals surface area contributed by atoms with Crippen molar-refractivity contribution in [2.75, 3.05) is 0 Å². The van der Waals surface area contributed by atoms with E-state index in [1.54, 1.807) is 0 Å². The Balaban J connectivity index is 0.773. The van der Waals surface area contributed by atoms with Gasteiger partial charge in [0.05, 0.1) is 0 Å². The van der Waals surface area contributed by atoms with Crippen LogP contribution in [0.1, 0.15) is 316 Å². The summed E-state index contributed by atoms with van der Waals surface area (Å²) in [5.74, 6) is 33.3. The summed E-state index contributed by atoms with van der Waals surface area (Å²) in [6.07, 6.45) is 0. The Kier molecular flexibility index (Phi) is 37.9. The van der Waals surface area contributed by atoms with E-state index < -0.39 is 8.07 Å². The Morgan fingerprint density at radius 3 is 0.508 bits per heavy atom. The molecule has 0 spiro atoms. The first kappa shape index (κ1) is 104. The van der Waals surface area contributed by atoms with Gasteiger partial charge in [-0.3, -0.25) is 0 Å². The first-order chi connectivity index (χ1) is 61.5. The third-order valence-electron chi connectivity index (χ3n) is 24.3. The highest BCUT2D eigenvalue weighted by Gasteiger charge is 2.42. The summed E-state index contributed by atoms with van der Waals surface area (Å²) < 4.78 is 0. The summed E-state index contributed by atoms with van der Waals surface area (Å²) in [5, 5.41) is 0. The average Bonchev–Trinajstić information content (AvgIpc) is 0.735. The highest BCUT2D eigenvalue weighted by molar-refractivity contribution is 7.99. The zero-order chi connectivity index (χ0) is 93.6. The van der Waals surface area contributed by atoms with Crippen LogP contribution in [-0.4, -0.2) is 8.07 Å². The van der Waals surface area contributed by atoms with Gasteiger partial charge >= 0.3 is 0 Å². The Morgan fingerprint density at radius 1 is 0.185 bits per heavy atom. The van der Waals surface area contributed by atoms with E-state index in [1.165, 1.54) is 122 Å². The summed E-state index contributed by atoms with van der Waals surface area (Å²) in [6, 6.07) is 90.5. The molecule has 0 radical (unpaired) electrons. The van der Waals surface area contributed by atoms with Gasteiger partial charge < -0.3 is 0 Å². The van der Waals surface area contributed by atoms with Crippen LogP contribution in [0.5, 0.6) is 0 Å². The Bertz CT molecular complexity index is 5450. The first-order valence-electron chi connectivity index (χ1n) is 46.9. The molecule has 0 bridgehead atoms. The Hall–Kier alpha value is -6.88. The lowest BCUT2D eigenvalue weighted by molar-refractivity contribution is 0.588. The fourth-order valence-corrected chi connectivity index (χ4v) is 29.3. The summed E-state index contributed by atoms with van der Waals surface area (Å²) in [6.45, 7) is 56.7. The van der Waals surface area contributed by atoms with Crippen molar-refractivity contribution >= 4 is 102 Å². The van der Waals surface area contributed by atoms with Gasteiger partial charge in [0.1, 0.15) is 8.07 Å². The van der Waals surface area contributed by atoms with Crippen LogP contribution < -0.4 is 0 Å². The molecule has 0 fully saturated rings. The molecule has 0 aliphatic rings. The topological polar surface area (TPSA) is 0 Å². The van der Waals surface area contributed by atoms with E-state index in [4.69, 9.17) is 0 Å². The molecule has 0 unspecified atom stereocenters. The fraction of sp³-hybridized carbons (Fsp3) is 0.405. The van der Waals surface area contributed by atoms with Crippen LogP contribution in [0.15, 0.2) is 237 Å². The molecule has 0 saturated heterocycles. The summed E-state index contributed by atoms with van der Waals surface area (Å²) in [5.41, 5.74) is 41.9. The second-order valence-electron chi connectivity index (χ2n) is 43.0. The van der Waals surface area contributed by atoms with Gasteiger partial charge in [-0.25, -0.2) is 0 Å². The highest BCUT2D eigenvalue weighted by atomic mass is 32.2. The summed E-state index contributed by atoms with van der Waals surface area (Å²) in [4.78, 5) is 0. The molecule has 11 rings (SSSR count). The normalized spacial score (nSPS) is 12.3. The van der Waals surface area contributed by atoms with E-state index in [9.17, 15) is 0 Å². The third kappa shape index (κ3) is 32.7. The SMILES string of the molecule is CC(C)[Si](C#Cc1ccc(C#Cc2ccc(C#Cc3cc(CSCc4cc(CSCc5cc(CSCc6cc(CSCc7ccccc7)cc(C(C)(C)C)c6)cc(C(C)(C)C)c5)cc(C(C)(C)C)c4)cc(CSCc4cc(CSCc5cc(CSCc6cc(CSCc7ccccc7)cc(C(C)(C)C)c6)cc(C(C)(C)C)c5)cc(C(C)(C)C)c4)c3)cc2)cc1)(C(C)C)C(C)C. The molecule has 9 heteroatoms. The molecule has 0 nitrogen and oxygen atoms in total. The van der Waals surface area contributed by atoms with Crippen molar-refractivity contribution in [1.29, 1.82) is 0 Å². The molecule has 0 heterocycles. The standard InChI is InChI=1S/C121H146S8Si/c1-86(2)130(87(3)4,88(5)6)48-47-92-43-41-90(42-44-92)36-35-89-37-39-91(40-38-89)45-46-95-49-96(72-124-76-100-54-104(64-112(60-100)118(13,14)15)80-128-84-108-56-106(66-114(68-108)120(19,20)21)82-126-78-102-52-98(58-110(62-102)116(7,8)9)74-122-70-93-31-27-25-28-32-93)51-97(50-95)73-125-77-101-55-105(65-113(61-101)119(16,17)18)81-129-85-109-57-107(67-115(69-109)121(22,23)24)83-127-79-103-53-99(59-111(63-103)117(10,11)12)75-123-71-94-33-29-26-30-34-94/h25-34,37-44,49-69,86-88H,70-85H2,1-24H3. The van der Waals surface area contributed by atoms with Gasteiger partial charge in [0.2, 0.25) is 0 Å². The van der Waals surface area contributed by atoms with Gasteiger partial charge in [0, 0.05) is 120 Å². The van der Waals surface area contributed by atoms with E-state index >= 15 is 0 Å². The highest BCUT2D eigenvalue weighted by Crippen LogP contribution is 2.43. The van der Waals surface area contributed by atoms with Crippen LogP contribution in [0, 0.1) is 35.1 Å². The second kappa shape index (κ2) is 47.5. The maximum absolute atomic E-state index is 3.88. The Labute approximate surface area is 823 Å². The van der Waals surface area contributed by atoms with Crippen LogP contribution in [0.2, 0.25) is 16.6 Å². The molecule has 0 atom stereocenters. The van der Waals surface area contributed by atoms with Gasteiger partial charge in [0.25, 0.3) is 0 Å². The van der Waals surface area contributed by atoms with Crippen molar-refractivity contribution in [2.24, 2.45) is 0 Å². The van der Waals surface area contributed by atoms with Crippen LogP contribution in [0.4, 0.5) is 0 Å². The predicted molar refractivity (Wildman–Crippen MR) is 593 cm³/mol. The smallest absolute Gasteiger partial charge is 0.146 e. The van der Waals surface area contributed by atoms with Crippen LogP contribution >= 0.6 is 94.1 Å². The van der Waals surface area contributed by atoms with Crippen molar-refractivity contribution < 1.29 is 0 Å². The quantitative estimate of drug-likeness (QED) is 0.0281. The van der Waals surface area contributed by atoms with Gasteiger partial charge in [-0.1, -0.05) is 372 Å². The van der Waals surface area contributed by atoms with Crippen molar-refractivity contribution in [2.45, 2.75) is 307 Å². The zero-order valence-electron chi connectivity index (χ0n) is 82.8. The van der Waals surface area contributed by atoms with Crippen LogP contribution in [0.3, 0.4) is 0 Å². The average molecular weight is 1890 g/mol. The molecule has 0 saturated carbocycles. The van der Waals surface area contributed by atoms with E-state index in [1.807, 2.05) is 47.0 Å². The molecule has 0 amide bonds. The lowest BCUT2D eigenvalue weighted by atomic mass is 9.85. The molecule has 682 valence electrons. The van der Waals surface area contributed by atoms with E-state index in [0.717, 1.165) is 120 Å². The molecule has 11 aromatic carbocycles. The number of hydrogen-bond donors (Lipinski definition) is 0. The van der Waals surface area contributed by atoms with Crippen molar-refractivity contribution in [3.8, 4) is 35.1 Å². The maximum atomic E-state index is 3.88. The van der Waals surface area contributed by atoms with Crippen LogP contribution in [-0.2, 0) is 125 Å². The fourth-order valence-electron chi connectivity index (χ4n) is 16.8. The van der Waals surface area contributed by atoms with Gasteiger partial charge in [0.15, 0.2) is 0 Å². The zero-order valence-corrected chi connectivity index (χ0v) is 90.4. The minimum absolute atomic E-state index is 0.0128. The maximum Gasteiger partial charge on any atom is 0.146 e. The van der Waals surface area contributed by atoms with Crippen molar-refractivity contribution in [3.63, 3.8) is 0 Å². The summed E-state index contributed by atoms with van der Waals surface area (Å²) >= 11 is 16.3. The van der Waals surface area contributed by atoms with Crippen molar-refractivity contribution in [1.82, 2.24) is 0 Å². The van der Waals surface area contributed by atoms with E-state index in [2.05, 4.69) is 485 Å². The number of benzene rings is 11. The second-order valence-corrected chi connectivity index (χ2v) is 56.4. The number of thioether (sulfide) groups is 8. The van der Waals surface area contributed by atoms with Crippen LogP contribution in [0.25, 0.3) is 0 Å². The molecule has 11 aromatic rings. The molecular formula is C121H146S8Si. The first-order valence-corrected chi connectivity index (χ1v) is 58.4. The molecular weight excluding hydrogens is 1740 g/mol. The van der Waals surface area contributed by atoms with Gasteiger partial charge in [-0.2, -0.15) is 94.1 Å². The largest absolute Gasteiger partial charge is 0.152 e. The predicted octanol–water partition coefficient (Wildman–Crippen LogP) is 35.3. The van der Waals surface area contributed by atoms with E-state index in [-0.39, 0.29) is 32.5 Å². The summed E-state index contributed by atoms with van der Waals surface area (Å²) in [7, 11) is -1.83. The minimum Gasteiger partial charge on any atom is -0.152 e. The van der Waals surface area contributed by atoms with E-state index in [0.29, 0.717) is 16.6 Å². The number of rotatable bonds is 35. The lowest BCUT2D eigenvalue weighted by Gasteiger charge is -2.38. The molecule has 0 aromatic heterocycles. The molecule has 0 aliphatic carbocycles. The lowest BCUT2D eigenvalue weighted by Crippen LogP contribution is -2.43. The molecule has 0 aliphatic heterocycles. The third-order valence-corrected chi connectivity index (χ3v) is 39.2. The molecule has 130 heavy (non-hydrogen) atoms. The number of hydrogen-bond acceptors (Lipinski definition) is 8. The molecule has 0 N–H and O–H groups in total. The van der Waals surface area contributed by atoms with Crippen molar-refractivity contribution in [3.05, 3.63) is 387 Å². The minimum atomic E-state index is -1.83.